The molecular formula is C20H20F3N3OS. The molecule has 1 unspecified atom stereocenters. The normalized spacial score (nSPS) is 18.0. The molecule has 0 bridgehead atoms. The van der Waals surface area contributed by atoms with Crippen LogP contribution in [0.15, 0.2) is 35.8 Å². The minimum absolute atomic E-state index is 0.00540. The molecule has 0 N–H and O–H groups in total. The largest absolute Gasteiger partial charge is 0.416 e. The lowest BCUT2D eigenvalue weighted by Gasteiger charge is -2.35. The topological polar surface area (TPSA) is 37.6 Å². The molecule has 28 heavy (non-hydrogen) atoms. The summed E-state index contributed by atoms with van der Waals surface area (Å²) in [7, 11) is 0. The number of aromatic nitrogens is 2. The number of carbonyl (C=O) groups is 1. The summed E-state index contributed by atoms with van der Waals surface area (Å²) in [5.74, 6) is -0.00540. The van der Waals surface area contributed by atoms with Gasteiger partial charge in [0.15, 0.2) is 4.96 Å². The Morgan fingerprint density at radius 2 is 2.00 bits per heavy atom. The molecule has 0 saturated carbocycles. The molecule has 1 saturated heterocycles. The molecule has 8 heteroatoms. The average molecular weight is 407 g/mol. The molecule has 148 valence electrons. The molecule has 0 spiro atoms. The molecule has 3 aromatic rings. The van der Waals surface area contributed by atoms with Crippen LogP contribution in [0.4, 0.5) is 13.2 Å². The summed E-state index contributed by atoms with van der Waals surface area (Å²) in [6.45, 7) is 2.86. The van der Waals surface area contributed by atoms with Gasteiger partial charge in [-0.15, -0.1) is 11.3 Å². The lowest BCUT2D eigenvalue weighted by atomic mass is 10.00. The monoisotopic (exact) mass is 407 g/mol. The first-order valence-electron chi connectivity index (χ1n) is 9.33. The summed E-state index contributed by atoms with van der Waals surface area (Å²) in [5, 5.41) is 1.81. The van der Waals surface area contributed by atoms with Crippen LogP contribution in [-0.4, -0.2) is 32.8 Å². The number of piperidine rings is 1. The minimum Gasteiger partial charge on any atom is -0.334 e. The number of halogens is 3. The van der Waals surface area contributed by atoms with Gasteiger partial charge in [0, 0.05) is 29.7 Å². The molecular weight excluding hydrogens is 387 g/mol. The van der Waals surface area contributed by atoms with Gasteiger partial charge in [-0.3, -0.25) is 9.20 Å². The summed E-state index contributed by atoms with van der Waals surface area (Å²) in [4.78, 5) is 20.2. The van der Waals surface area contributed by atoms with Gasteiger partial charge in [0.2, 0.25) is 0 Å². The predicted octanol–water partition coefficient (Wildman–Crippen LogP) is 5.49. The highest BCUT2D eigenvalue weighted by Crippen LogP contribution is 2.32. The Morgan fingerprint density at radius 1 is 1.25 bits per heavy atom. The number of nitrogens with zero attached hydrogens (tertiary/aromatic N) is 3. The number of hydrogen-bond acceptors (Lipinski definition) is 3. The van der Waals surface area contributed by atoms with Crippen molar-refractivity contribution in [2.45, 2.75) is 44.8 Å². The van der Waals surface area contributed by atoms with Gasteiger partial charge in [-0.2, -0.15) is 13.2 Å². The van der Waals surface area contributed by atoms with Crippen molar-refractivity contribution in [1.82, 2.24) is 14.3 Å². The second-order valence-electron chi connectivity index (χ2n) is 7.03. The zero-order valence-electron chi connectivity index (χ0n) is 15.4. The van der Waals surface area contributed by atoms with Crippen LogP contribution >= 0.6 is 11.3 Å². The van der Waals surface area contributed by atoms with Crippen molar-refractivity contribution in [3.05, 3.63) is 47.1 Å². The number of likely N-dealkylation sites (tertiary alicyclic amines) is 1. The Kier molecular flexibility index (Phi) is 4.91. The van der Waals surface area contributed by atoms with Crippen molar-refractivity contribution in [1.29, 1.82) is 0 Å². The third-order valence-corrected chi connectivity index (χ3v) is 6.14. The van der Waals surface area contributed by atoms with Gasteiger partial charge in [-0.1, -0.05) is 19.1 Å². The third-order valence-electron chi connectivity index (χ3n) is 5.30. The van der Waals surface area contributed by atoms with E-state index < -0.39 is 11.7 Å². The van der Waals surface area contributed by atoms with Gasteiger partial charge in [0.25, 0.3) is 5.91 Å². The van der Waals surface area contributed by atoms with Crippen LogP contribution in [0.2, 0.25) is 0 Å². The Morgan fingerprint density at radius 3 is 2.68 bits per heavy atom. The van der Waals surface area contributed by atoms with Gasteiger partial charge in [-0.05, 0) is 37.8 Å². The highest BCUT2D eigenvalue weighted by atomic mass is 32.1. The highest BCUT2D eigenvalue weighted by Gasteiger charge is 2.30. The molecule has 2 aromatic heterocycles. The number of thiazole rings is 1. The maximum Gasteiger partial charge on any atom is 0.416 e. The van der Waals surface area contributed by atoms with Crippen molar-refractivity contribution < 1.29 is 18.0 Å². The molecule has 1 atom stereocenters. The summed E-state index contributed by atoms with van der Waals surface area (Å²) in [6, 6.07) is 5.18. The molecule has 3 heterocycles. The number of alkyl halides is 3. The van der Waals surface area contributed by atoms with E-state index in [1.165, 1.54) is 23.5 Å². The van der Waals surface area contributed by atoms with E-state index in [4.69, 9.17) is 0 Å². The van der Waals surface area contributed by atoms with Crippen LogP contribution in [0.3, 0.4) is 0 Å². The van der Waals surface area contributed by atoms with Crippen LogP contribution < -0.4 is 0 Å². The lowest BCUT2D eigenvalue weighted by Crippen LogP contribution is -2.43. The molecule has 1 aliphatic heterocycles. The van der Waals surface area contributed by atoms with Crippen molar-refractivity contribution in [3.63, 3.8) is 0 Å². The van der Waals surface area contributed by atoms with Crippen molar-refractivity contribution in [2.24, 2.45) is 0 Å². The lowest BCUT2D eigenvalue weighted by molar-refractivity contribution is -0.137. The number of carbonyl (C=O) groups excluding carboxylic acids is 1. The minimum atomic E-state index is -4.36. The van der Waals surface area contributed by atoms with E-state index in [0.717, 1.165) is 44.4 Å². The molecule has 0 aliphatic carbocycles. The number of rotatable bonds is 3. The van der Waals surface area contributed by atoms with E-state index in [-0.39, 0.29) is 11.9 Å². The first-order valence-corrected chi connectivity index (χ1v) is 10.2. The van der Waals surface area contributed by atoms with Gasteiger partial charge in [-0.25, -0.2) is 4.98 Å². The van der Waals surface area contributed by atoms with Crippen LogP contribution in [0.1, 0.15) is 48.7 Å². The molecule has 4 rings (SSSR count). The summed E-state index contributed by atoms with van der Waals surface area (Å²) in [6.07, 6.45) is 1.47. The first-order chi connectivity index (χ1) is 13.4. The second-order valence-corrected chi connectivity index (χ2v) is 7.87. The smallest absolute Gasteiger partial charge is 0.334 e. The van der Waals surface area contributed by atoms with Crippen LogP contribution in [-0.2, 0) is 6.18 Å². The van der Waals surface area contributed by atoms with Crippen LogP contribution in [0.5, 0.6) is 0 Å². The molecule has 1 aromatic carbocycles. The van der Waals surface area contributed by atoms with Crippen LogP contribution in [0.25, 0.3) is 16.2 Å². The maximum atomic E-state index is 13.1. The number of fused-ring (bicyclic) bond motifs is 1. The van der Waals surface area contributed by atoms with Crippen LogP contribution in [0, 0.1) is 0 Å². The number of hydrogen-bond donors (Lipinski definition) is 0. The third kappa shape index (κ3) is 3.41. The van der Waals surface area contributed by atoms with E-state index in [1.807, 2.05) is 10.3 Å². The Bertz CT molecular complexity index is 990. The maximum absolute atomic E-state index is 13.1. The van der Waals surface area contributed by atoms with Crippen molar-refractivity contribution >= 4 is 22.2 Å². The fourth-order valence-electron chi connectivity index (χ4n) is 3.75. The second kappa shape index (κ2) is 7.24. The van der Waals surface area contributed by atoms with Crippen molar-refractivity contribution in [3.8, 4) is 11.3 Å². The Balaban J connectivity index is 1.64. The Hall–Kier alpha value is -2.35. The standard InChI is InChI=1S/C20H20F3N3OS/c1-2-15-5-3-4-10-25(15)18(27)17-12-28-19-24-16(11-26(17)19)13-6-8-14(9-7-13)20(21,22)23/h6-9,11-12,15H,2-5,10H2,1H3. The fraction of sp³-hybridized carbons (Fsp3) is 0.400. The van der Waals surface area contributed by atoms with Gasteiger partial charge in [0.05, 0.1) is 11.3 Å². The van der Waals surface area contributed by atoms with Crippen molar-refractivity contribution in [2.75, 3.05) is 6.54 Å². The van der Waals surface area contributed by atoms with Gasteiger partial charge >= 0.3 is 6.18 Å². The van der Waals surface area contributed by atoms with E-state index in [1.54, 1.807) is 10.6 Å². The summed E-state index contributed by atoms with van der Waals surface area (Å²) < 4.78 is 40.0. The van der Waals surface area contributed by atoms with E-state index in [0.29, 0.717) is 21.9 Å². The zero-order valence-corrected chi connectivity index (χ0v) is 16.2. The summed E-state index contributed by atoms with van der Waals surface area (Å²) in [5.41, 5.74) is 1.02. The number of benzene rings is 1. The molecule has 1 fully saturated rings. The van der Waals surface area contributed by atoms with E-state index >= 15 is 0 Å². The number of amides is 1. The zero-order chi connectivity index (χ0) is 19.9. The number of imidazole rings is 1. The Labute approximate surface area is 164 Å². The predicted molar refractivity (Wildman–Crippen MR) is 102 cm³/mol. The summed E-state index contributed by atoms with van der Waals surface area (Å²) >= 11 is 1.36. The molecule has 1 amide bonds. The average Bonchev–Trinajstić information content (AvgIpc) is 3.27. The van der Waals surface area contributed by atoms with E-state index in [2.05, 4.69) is 11.9 Å². The first kappa shape index (κ1) is 19.0. The quantitative estimate of drug-likeness (QED) is 0.576. The molecule has 0 radical (unpaired) electrons. The van der Waals surface area contributed by atoms with E-state index in [9.17, 15) is 18.0 Å². The van der Waals surface area contributed by atoms with Gasteiger partial charge in [0.1, 0.15) is 5.69 Å². The highest BCUT2D eigenvalue weighted by molar-refractivity contribution is 7.15. The molecule has 1 aliphatic rings. The molecule has 4 nitrogen and oxygen atoms in total. The van der Waals surface area contributed by atoms with Gasteiger partial charge < -0.3 is 4.90 Å². The fourth-order valence-corrected chi connectivity index (χ4v) is 4.59. The SMILES string of the molecule is CCC1CCCCN1C(=O)c1csc2nc(-c3ccc(C(F)(F)F)cc3)cn12.